The number of rotatable bonds is 5. The van der Waals surface area contributed by atoms with Crippen LogP contribution in [-0.2, 0) is 7.05 Å². The van der Waals surface area contributed by atoms with Crippen LogP contribution in [0.5, 0.6) is 5.75 Å². The van der Waals surface area contributed by atoms with Gasteiger partial charge in [-0.25, -0.2) is 4.57 Å². The monoisotopic (exact) mass is 343 g/mol. The summed E-state index contributed by atoms with van der Waals surface area (Å²) in [7, 11) is 2.03. The smallest absolute Gasteiger partial charge is 0.334 e. The van der Waals surface area contributed by atoms with Crippen molar-refractivity contribution < 1.29 is 14.5 Å². The van der Waals surface area contributed by atoms with E-state index in [1.807, 2.05) is 26.1 Å². The number of hydrogen-bond acceptors (Lipinski definition) is 4. The predicted molar refractivity (Wildman–Crippen MR) is 100 cm³/mol. The fourth-order valence-electron chi connectivity index (χ4n) is 3.03. The molecule has 24 heavy (non-hydrogen) atoms. The van der Waals surface area contributed by atoms with Gasteiger partial charge in [0.05, 0.1) is 18.3 Å². The molecule has 2 N–H and O–H groups in total. The molecule has 3 rings (SSSR count). The number of fused-ring (bicyclic) bond motifs is 3. The third-order valence-electron chi connectivity index (χ3n) is 4.49. The summed E-state index contributed by atoms with van der Waals surface area (Å²) in [5, 5.41) is 16.9. The Balaban J connectivity index is 2.30. The van der Waals surface area contributed by atoms with Gasteiger partial charge in [0.1, 0.15) is 5.75 Å². The van der Waals surface area contributed by atoms with E-state index in [0.29, 0.717) is 11.3 Å². The summed E-state index contributed by atoms with van der Waals surface area (Å²) in [6.07, 6.45) is 2.26. The molecule has 0 saturated heterocycles. The minimum atomic E-state index is 0.0318. The molecule has 2 aromatic carbocycles. The second-order valence-corrected chi connectivity index (χ2v) is 7.21. The molecule has 0 radical (unpaired) electrons. The van der Waals surface area contributed by atoms with Crippen molar-refractivity contribution in [1.29, 1.82) is 0 Å². The van der Waals surface area contributed by atoms with Crippen LogP contribution >= 0.6 is 11.3 Å². The van der Waals surface area contributed by atoms with Crippen LogP contribution in [0.4, 0.5) is 5.13 Å². The van der Waals surface area contributed by atoms with Crippen molar-refractivity contribution in [2.24, 2.45) is 7.05 Å². The summed E-state index contributed by atoms with van der Waals surface area (Å²) in [5.41, 5.74) is 2.61. The van der Waals surface area contributed by atoms with Gasteiger partial charge in [-0.05, 0) is 43.7 Å². The number of phenols is 1. The lowest BCUT2D eigenvalue weighted by molar-refractivity contribution is -0.625. The van der Waals surface area contributed by atoms with Gasteiger partial charge in [0, 0.05) is 21.9 Å². The van der Waals surface area contributed by atoms with E-state index in [0.717, 1.165) is 51.1 Å². The number of aromatic nitrogens is 1. The number of carbonyl (C=O) groups excluding carboxylic acids is 1. The first-order valence-corrected chi connectivity index (χ1v) is 9.10. The molecule has 0 spiro atoms. The van der Waals surface area contributed by atoms with Crippen molar-refractivity contribution in [2.75, 3.05) is 11.9 Å². The number of anilines is 1. The number of unbranched alkanes of at least 4 members (excludes halogenated alkanes) is 1. The van der Waals surface area contributed by atoms with Gasteiger partial charge in [-0.2, -0.15) is 0 Å². The molecule has 0 aliphatic rings. The van der Waals surface area contributed by atoms with Crippen LogP contribution in [0.3, 0.4) is 0 Å². The van der Waals surface area contributed by atoms with E-state index >= 15 is 0 Å². The average molecular weight is 343 g/mol. The predicted octanol–water partition coefficient (Wildman–Crippen LogP) is 4.31. The lowest BCUT2D eigenvalue weighted by Crippen LogP contribution is -2.30. The summed E-state index contributed by atoms with van der Waals surface area (Å²) < 4.78 is 3.19. The van der Waals surface area contributed by atoms with E-state index in [-0.39, 0.29) is 5.78 Å². The first-order valence-electron chi connectivity index (χ1n) is 8.28. The number of aryl methyl sites for hydroxylation is 2. The summed E-state index contributed by atoms with van der Waals surface area (Å²) in [4.78, 5) is 11.8. The quantitative estimate of drug-likeness (QED) is 0.412. The maximum absolute atomic E-state index is 11.8. The number of phenolic OH excluding ortho intramolecular Hbond substituents is 1. The van der Waals surface area contributed by atoms with Crippen LogP contribution in [0.1, 0.15) is 42.6 Å². The Morgan fingerprint density at radius 1 is 1.33 bits per heavy atom. The molecule has 0 aliphatic heterocycles. The largest absolute Gasteiger partial charge is 0.507 e. The first-order chi connectivity index (χ1) is 11.5. The number of benzene rings is 2. The zero-order valence-corrected chi connectivity index (χ0v) is 15.4. The zero-order chi connectivity index (χ0) is 17.4. The van der Waals surface area contributed by atoms with Crippen LogP contribution in [-0.4, -0.2) is 17.4 Å². The van der Waals surface area contributed by atoms with E-state index in [9.17, 15) is 9.90 Å². The average Bonchev–Trinajstić information content (AvgIpc) is 2.89. The Hall–Kier alpha value is -2.14. The molecule has 0 amide bonds. The van der Waals surface area contributed by atoms with E-state index in [2.05, 4.69) is 16.8 Å². The van der Waals surface area contributed by atoms with Crippen molar-refractivity contribution in [1.82, 2.24) is 0 Å². The molecular formula is C19H23N2O2S+. The van der Waals surface area contributed by atoms with Crippen molar-refractivity contribution >= 4 is 43.2 Å². The van der Waals surface area contributed by atoms with E-state index in [4.69, 9.17) is 0 Å². The summed E-state index contributed by atoms with van der Waals surface area (Å²) >= 11 is 1.65. The third-order valence-corrected chi connectivity index (χ3v) is 5.81. The molecule has 0 unspecified atom stereocenters. The van der Waals surface area contributed by atoms with Crippen molar-refractivity contribution in [3.8, 4) is 5.75 Å². The second-order valence-electron chi connectivity index (χ2n) is 6.21. The Morgan fingerprint density at radius 2 is 2.08 bits per heavy atom. The van der Waals surface area contributed by atoms with Gasteiger partial charge in [-0.1, -0.05) is 19.4 Å². The molecular weight excluding hydrogens is 320 g/mol. The molecule has 0 saturated carbocycles. The first kappa shape index (κ1) is 16.7. The van der Waals surface area contributed by atoms with Gasteiger partial charge < -0.3 is 5.11 Å². The lowest BCUT2D eigenvalue weighted by atomic mass is 10.0. The Morgan fingerprint density at radius 3 is 2.75 bits per heavy atom. The van der Waals surface area contributed by atoms with Crippen molar-refractivity contribution in [3.05, 3.63) is 29.3 Å². The molecule has 0 bridgehead atoms. The topological polar surface area (TPSA) is 53.2 Å². The molecule has 0 atom stereocenters. The maximum atomic E-state index is 11.8. The highest BCUT2D eigenvalue weighted by Crippen LogP contribution is 2.40. The fraction of sp³-hybridized carbons (Fsp3) is 0.368. The number of ketones is 1. The van der Waals surface area contributed by atoms with Crippen LogP contribution in [0.2, 0.25) is 0 Å². The molecule has 1 heterocycles. The highest BCUT2D eigenvalue weighted by molar-refractivity contribution is 7.22. The Bertz CT molecular complexity index is 944. The summed E-state index contributed by atoms with van der Waals surface area (Å²) in [6.45, 7) is 6.62. The summed E-state index contributed by atoms with van der Waals surface area (Å²) in [6, 6.07) is 5.51. The van der Waals surface area contributed by atoms with Crippen molar-refractivity contribution in [2.45, 2.75) is 33.6 Å². The number of thiazole rings is 1. The Kier molecular flexibility index (Phi) is 4.45. The minimum absolute atomic E-state index is 0.0318. The number of Topliss-reactive ketones (excluding diaryl/α,β-unsaturated/α-hetero) is 1. The number of hydrogen-bond donors (Lipinski definition) is 2. The zero-order valence-electron chi connectivity index (χ0n) is 14.6. The number of aromatic hydroxyl groups is 1. The number of carbonyl (C=O) groups is 1. The van der Waals surface area contributed by atoms with Crippen LogP contribution in [0, 0.1) is 6.92 Å². The highest BCUT2D eigenvalue weighted by atomic mass is 32.1. The summed E-state index contributed by atoms with van der Waals surface area (Å²) in [5.74, 6) is 0.332. The fourth-order valence-corrected chi connectivity index (χ4v) is 4.22. The molecule has 3 aromatic rings. The number of nitrogens with one attached hydrogen (secondary N) is 1. The van der Waals surface area contributed by atoms with Crippen LogP contribution < -0.4 is 9.88 Å². The van der Waals surface area contributed by atoms with Gasteiger partial charge in [-0.15, -0.1) is 0 Å². The van der Waals surface area contributed by atoms with Gasteiger partial charge in [-0.3, -0.25) is 10.1 Å². The second kappa shape index (κ2) is 6.40. The van der Waals surface area contributed by atoms with Gasteiger partial charge in [0.25, 0.3) is 0 Å². The Labute approximate surface area is 145 Å². The lowest BCUT2D eigenvalue weighted by Gasteiger charge is -2.07. The molecule has 0 fully saturated rings. The van der Waals surface area contributed by atoms with Crippen LogP contribution in [0.15, 0.2) is 18.2 Å². The van der Waals surface area contributed by atoms with Crippen LogP contribution in [0.25, 0.3) is 21.0 Å². The minimum Gasteiger partial charge on any atom is -0.507 e. The molecule has 4 nitrogen and oxygen atoms in total. The van der Waals surface area contributed by atoms with E-state index in [1.54, 1.807) is 24.3 Å². The van der Waals surface area contributed by atoms with Gasteiger partial charge >= 0.3 is 5.13 Å². The SMILES string of the molecule is CCCCNc1sc2c(C)c(O)c3ccc(C(C)=O)cc3c2[n+]1C. The van der Waals surface area contributed by atoms with Gasteiger partial charge in [0.15, 0.2) is 11.3 Å². The molecule has 1 aromatic heterocycles. The van der Waals surface area contributed by atoms with E-state index in [1.165, 1.54) is 0 Å². The third kappa shape index (κ3) is 2.63. The molecule has 5 heteroatoms. The standard InChI is InChI=1S/C19H22N2O2S/c1-5-6-9-20-19-21(4)16-15-10-13(12(3)22)7-8-14(15)17(23)11(2)18(16)24-19/h7-8,10,23H,5-6,9H2,1-4H3/p+1. The van der Waals surface area contributed by atoms with E-state index < -0.39 is 0 Å². The maximum Gasteiger partial charge on any atom is 0.334 e. The molecule has 126 valence electrons. The number of nitrogens with zero attached hydrogens (tertiary/aromatic N) is 1. The highest BCUT2D eigenvalue weighted by Gasteiger charge is 2.22. The normalized spacial score (nSPS) is 11.3. The van der Waals surface area contributed by atoms with Gasteiger partial charge in [0.2, 0.25) is 0 Å². The molecule has 0 aliphatic carbocycles. The van der Waals surface area contributed by atoms with Crippen molar-refractivity contribution in [3.63, 3.8) is 0 Å².